The maximum absolute atomic E-state index is 12.2. The molecule has 0 atom stereocenters. The number of benzene rings is 2. The zero-order valence-corrected chi connectivity index (χ0v) is 13.4. The van der Waals surface area contributed by atoms with E-state index in [-0.39, 0.29) is 17.9 Å². The highest BCUT2D eigenvalue weighted by Crippen LogP contribution is 2.11. The largest absolute Gasteiger partial charge is 0.497 e. The van der Waals surface area contributed by atoms with Crippen molar-refractivity contribution < 1.29 is 9.53 Å². The molecule has 1 heterocycles. The molecule has 122 valence electrons. The van der Waals surface area contributed by atoms with Crippen LogP contribution in [-0.4, -0.2) is 17.6 Å². The number of methoxy groups -OCH3 is 1. The summed E-state index contributed by atoms with van der Waals surface area (Å²) in [6, 6.07) is 16.3. The van der Waals surface area contributed by atoms with Crippen molar-refractivity contribution in [3.63, 3.8) is 0 Å². The molecular formula is C19H18N2O3. The lowest BCUT2D eigenvalue weighted by molar-refractivity contribution is -0.121. The minimum absolute atomic E-state index is 0.0412. The molecule has 5 nitrogen and oxygen atoms in total. The Balaban J connectivity index is 1.69. The van der Waals surface area contributed by atoms with Gasteiger partial charge in [0.05, 0.1) is 12.6 Å². The van der Waals surface area contributed by atoms with E-state index in [0.717, 1.165) is 16.8 Å². The summed E-state index contributed by atoms with van der Waals surface area (Å²) in [6.07, 6.45) is 1.65. The van der Waals surface area contributed by atoms with Crippen LogP contribution in [0, 0.1) is 0 Å². The second-order valence-corrected chi connectivity index (χ2v) is 5.45. The summed E-state index contributed by atoms with van der Waals surface area (Å²) in [7, 11) is 1.62. The van der Waals surface area contributed by atoms with Crippen LogP contribution in [0.4, 0.5) is 0 Å². The second kappa shape index (κ2) is 7.00. The standard InChI is InChI=1S/C19H18N2O3/c1-24-15-8-6-14(7-9-15)12-20-19(23)13-21-11-10-18(22)16-4-2-3-5-17(16)21/h2-11H,12-13H2,1H3,(H,20,23). The fourth-order valence-corrected chi connectivity index (χ4v) is 2.55. The van der Waals surface area contributed by atoms with Gasteiger partial charge in [-0.15, -0.1) is 0 Å². The number of rotatable bonds is 5. The maximum atomic E-state index is 12.2. The van der Waals surface area contributed by atoms with Crippen LogP contribution in [0.1, 0.15) is 5.56 Å². The van der Waals surface area contributed by atoms with Crippen molar-refractivity contribution in [3.8, 4) is 5.75 Å². The van der Waals surface area contributed by atoms with E-state index < -0.39 is 0 Å². The Kier molecular flexibility index (Phi) is 4.61. The van der Waals surface area contributed by atoms with E-state index in [1.54, 1.807) is 23.9 Å². The van der Waals surface area contributed by atoms with Gasteiger partial charge in [0, 0.05) is 24.2 Å². The normalized spacial score (nSPS) is 10.5. The summed E-state index contributed by atoms with van der Waals surface area (Å²) in [6.45, 7) is 0.609. The number of pyridine rings is 1. The molecule has 1 aromatic heterocycles. The molecule has 0 saturated heterocycles. The number of carbonyl (C=O) groups is 1. The Morgan fingerprint density at radius 1 is 1.08 bits per heavy atom. The predicted molar refractivity (Wildman–Crippen MR) is 93.0 cm³/mol. The van der Waals surface area contributed by atoms with Crippen molar-refractivity contribution in [1.29, 1.82) is 0 Å². The molecule has 1 amide bonds. The zero-order chi connectivity index (χ0) is 16.9. The number of ether oxygens (including phenoxy) is 1. The molecule has 0 bridgehead atoms. The van der Waals surface area contributed by atoms with Crippen LogP contribution in [0.25, 0.3) is 10.9 Å². The fraction of sp³-hybridized carbons (Fsp3) is 0.158. The fourth-order valence-electron chi connectivity index (χ4n) is 2.55. The first kappa shape index (κ1) is 15.8. The Morgan fingerprint density at radius 3 is 2.58 bits per heavy atom. The zero-order valence-electron chi connectivity index (χ0n) is 13.4. The first-order valence-electron chi connectivity index (χ1n) is 7.65. The molecule has 0 aliphatic rings. The van der Waals surface area contributed by atoms with E-state index in [0.29, 0.717) is 11.9 Å². The third-order valence-electron chi connectivity index (χ3n) is 3.85. The minimum Gasteiger partial charge on any atom is -0.497 e. The summed E-state index contributed by atoms with van der Waals surface area (Å²) >= 11 is 0. The lowest BCUT2D eigenvalue weighted by Gasteiger charge is -2.11. The molecule has 0 radical (unpaired) electrons. The molecule has 3 rings (SSSR count). The molecular weight excluding hydrogens is 304 g/mol. The molecule has 0 aliphatic heterocycles. The Morgan fingerprint density at radius 2 is 1.83 bits per heavy atom. The summed E-state index contributed by atoms with van der Waals surface area (Å²) < 4.78 is 6.89. The van der Waals surface area contributed by atoms with Crippen LogP contribution < -0.4 is 15.5 Å². The highest BCUT2D eigenvalue weighted by molar-refractivity contribution is 5.82. The van der Waals surface area contributed by atoms with E-state index in [2.05, 4.69) is 5.32 Å². The van der Waals surface area contributed by atoms with Gasteiger partial charge >= 0.3 is 0 Å². The van der Waals surface area contributed by atoms with Crippen LogP contribution in [-0.2, 0) is 17.9 Å². The Hall–Kier alpha value is -3.08. The molecule has 1 N–H and O–H groups in total. The highest BCUT2D eigenvalue weighted by Gasteiger charge is 2.06. The van der Waals surface area contributed by atoms with Gasteiger partial charge in [-0.25, -0.2) is 0 Å². The van der Waals surface area contributed by atoms with Crippen molar-refractivity contribution in [1.82, 2.24) is 9.88 Å². The van der Waals surface area contributed by atoms with Gasteiger partial charge in [0.1, 0.15) is 12.3 Å². The van der Waals surface area contributed by atoms with Crippen LogP contribution >= 0.6 is 0 Å². The first-order valence-corrected chi connectivity index (χ1v) is 7.65. The smallest absolute Gasteiger partial charge is 0.240 e. The number of nitrogens with one attached hydrogen (secondary N) is 1. The number of nitrogens with zero attached hydrogens (tertiary/aromatic N) is 1. The quantitative estimate of drug-likeness (QED) is 0.784. The van der Waals surface area contributed by atoms with E-state index >= 15 is 0 Å². The molecule has 0 aliphatic carbocycles. The lowest BCUT2D eigenvalue weighted by Crippen LogP contribution is -2.27. The van der Waals surface area contributed by atoms with Crippen molar-refractivity contribution in [2.45, 2.75) is 13.1 Å². The number of para-hydroxylation sites is 1. The summed E-state index contributed by atoms with van der Waals surface area (Å²) in [5.74, 6) is 0.671. The molecule has 0 saturated carbocycles. The van der Waals surface area contributed by atoms with Gasteiger partial charge in [-0.1, -0.05) is 24.3 Å². The summed E-state index contributed by atoms with van der Waals surface area (Å²) in [5.41, 5.74) is 1.71. The Labute approximate surface area is 139 Å². The molecule has 0 spiro atoms. The molecule has 24 heavy (non-hydrogen) atoms. The number of amides is 1. The van der Waals surface area contributed by atoms with Crippen molar-refractivity contribution >= 4 is 16.8 Å². The van der Waals surface area contributed by atoms with Gasteiger partial charge in [-0.2, -0.15) is 0 Å². The van der Waals surface area contributed by atoms with E-state index in [9.17, 15) is 9.59 Å². The van der Waals surface area contributed by atoms with Gasteiger partial charge in [0.25, 0.3) is 0 Å². The average Bonchev–Trinajstić information content (AvgIpc) is 2.63. The van der Waals surface area contributed by atoms with Crippen LogP contribution in [0.2, 0.25) is 0 Å². The highest BCUT2D eigenvalue weighted by atomic mass is 16.5. The van der Waals surface area contributed by atoms with Gasteiger partial charge in [-0.3, -0.25) is 9.59 Å². The van der Waals surface area contributed by atoms with Gasteiger partial charge < -0.3 is 14.6 Å². The lowest BCUT2D eigenvalue weighted by atomic mass is 10.2. The monoisotopic (exact) mass is 322 g/mol. The number of aromatic nitrogens is 1. The summed E-state index contributed by atoms with van der Waals surface area (Å²) in [5, 5.41) is 3.50. The Bertz CT molecular complexity index is 914. The average molecular weight is 322 g/mol. The number of carbonyl (C=O) groups excluding carboxylic acids is 1. The topological polar surface area (TPSA) is 60.3 Å². The molecule has 0 unspecified atom stereocenters. The second-order valence-electron chi connectivity index (χ2n) is 5.45. The predicted octanol–water partition coefficient (Wildman–Crippen LogP) is 2.33. The first-order chi connectivity index (χ1) is 11.7. The van der Waals surface area contributed by atoms with Crippen molar-refractivity contribution in [3.05, 3.63) is 76.6 Å². The van der Waals surface area contributed by atoms with Crippen LogP contribution in [0.15, 0.2) is 65.6 Å². The van der Waals surface area contributed by atoms with E-state index in [4.69, 9.17) is 4.74 Å². The number of hydrogen-bond acceptors (Lipinski definition) is 3. The van der Waals surface area contributed by atoms with Crippen molar-refractivity contribution in [2.75, 3.05) is 7.11 Å². The van der Waals surface area contributed by atoms with Crippen molar-refractivity contribution in [2.24, 2.45) is 0 Å². The van der Waals surface area contributed by atoms with Crippen LogP contribution in [0.3, 0.4) is 0 Å². The van der Waals surface area contributed by atoms with E-state index in [1.807, 2.05) is 42.5 Å². The van der Waals surface area contributed by atoms with Gasteiger partial charge in [-0.05, 0) is 29.8 Å². The molecule has 5 heteroatoms. The third-order valence-corrected chi connectivity index (χ3v) is 3.85. The molecule has 3 aromatic rings. The van der Waals surface area contributed by atoms with E-state index in [1.165, 1.54) is 6.07 Å². The maximum Gasteiger partial charge on any atom is 0.240 e. The molecule has 0 fully saturated rings. The number of hydrogen-bond donors (Lipinski definition) is 1. The number of fused-ring (bicyclic) bond motifs is 1. The third kappa shape index (κ3) is 3.46. The SMILES string of the molecule is COc1ccc(CNC(=O)Cn2ccc(=O)c3ccccc32)cc1. The molecule has 2 aromatic carbocycles. The minimum atomic E-state index is -0.111. The van der Waals surface area contributed by atoms with Gasteiger partial charge in [0.2, 0.25) is 5.91 Å². The van der Waals surface area contributed by atoms with Crippen LogP contribution in [0.5, 0.6) is 5.75 Å². The van der Waals surface area contributed by atoms with Gasteiger partial charge in [0.15, 0.2) is 5.43 Å². The summed E-state index contributed by atoms with van der Waals surface area (Å²) in [4.78, 5) is 24.1.